The van der Waals surface area contributed by atoms with Crippen molar-refractivity contribution in [2.45, 2.75) is 19.4 Å². The largest absolute Gasteiger partial charge is 0.330 e. The average molecular weight is 140 g/mol. The maximum Gasteiger partial charge on any atom is 0.00736 e. The molecule has 0 aliphatic heterocycles. The first-order chi connectivity index (χ1) is 4.74. The van der Waals surface area contributed by atoms with Crippen molar-refractivity contribution in [3.8, 4) is 0 Å². The molecule has 0 radical (unpaired) electrons. The van der Waals surface area contributed by atoms with Gasteiger partial charge in [-0.05, 0) is 31.7 Å². The van der Waals surface area contributed by atoms with Crippen LogP contribution in [0, 0.1) is 11.8 Å². The summed E-state index contributed by atoms with van der Waals surface area (Å²) in [6, 6.07) is 0.285. The van der Waals surface area contributed by atoms with Crippen LogP contribution in [-0.2, 0) is 0 Å². The van der Waals surface area contributed by atoms with Crippen LogP contribution in [0.5, 0.6) is 0 Å². The third kappa shape index (κ3) is 1.58. The molecule has 0 aromatic carbocycles. The summed E-state index contributed by atoms with van der Waals surface area (Å²) in [6.07, 6.45) is 5.53. The molecule has 0 amide bonds. The second-order valence-corrected chi connectivity index (χ2v) is 3.14. The molecular formula is C8H16N2. The van der Waals surface area contributed by atoms with Crippen LogP contribution in [0.15, 0.2) is 12.2 Å². The van der Waals surface area contributed by atoms with E-state index in [4.69, 9.17) is 11.5 Å². The lowest BCUT2D eigenvalue weighted by Crippen LogP contribution is -2.25. The monoisotopic (exact) mass is 140 g/mol. The lowest BCUT2D eigenvalue weighted by atomic mass is 9.98. The van der Waals surface area contributed by atoms with Crippen molar-refractivity contribution in [1.29, 1.82) is 0 Å². The molecule has 0 saturated heterocycles. The van der Waals surface area contributed by atoms with Crippen LogP contribution in [0.4, 0.5) is 0 Å². The van der Waals surface area contributed by atoms with E-state index in [0.717, 1.165) is 13.0 Å². The van der Waals surface area contributed by atoms with Gasteiger partial charge in [0.15, 0.2) is 0 Å². The molecule has 1 aliphatic carbocycles. The Balaban J connectivity index is 2.37. The van der Waals surface area contributed by atoms with E-state index in [1.54, 1.807) is 0 Å². The fraction of sp³-hybridized carbons (Fsp3) is 0.750. The first-order valence-electron chi connectivity index (χ1n) is 3.88. The molecule has 0 fully saturated rings. The highest BCUT2D eigenvalue weighted by Gasteiger charge is 2.19. The Morgan fingerprint density at radius 3 is 2.60 bits per heavy atom. The average Bonchev–Trinajstić information content (AvgIpc) is 2.34. The van der Waals surface area contributed by atoms with Crippen molar-refractivity contribution < 1.29 is 0 Å². The quantitative estimate of drug-likeness (QED) is 0.548. The van der Waals surface area contributed by atoms with Crippen LogP contribution < -0.4 is 11.5 Å². The predicted octanol–water partition coefficient (Wildman–Crippen LogP) is 0.485. The van der Waals surface area contributed by atoms with Crippen LogP contribution in [0.25, 0.3) is 0 Å². The molecule has 3 atom stereocenters. The number of nitrogens with two attached hydrogens (primary N) is 2. The van der Waals surface area contributed by atoms with Crippen molar-refractivity contribution in [1.82, 2.24) is 0 Å². The van der Waals surface area contributed by atoms with Gasteiger partial charge in [-0.1, -0.05) is 12.2 Å². The number of hydrogen-bond donors (Lipinski definition) is 2. The van der Waals surface area contributed by atoms with Crippen molar-refractivity contribution in [3.05, 3.63) is 12.2 Å². The molecule has 1 aliphatic rings. The second kappa shape index (κ2) is 3.17. The third-order valence-corrected chi connectivity index (χ3v) is 2.18. The molecule has 0 bridgehead atoms. The molecule has 58 valence electrons. The topological polar surface area (TPSA) is 52.0 Å². The highest BCUT2D eigenvalue weighted by Crippen LogP contribution is 2.24. The van der Waals surface area contributed by atoms with Gasteiger partial charge in [0.25, 0.3) is 0 Å². The Morgan fingerprint density at radius 2 is 2.30 bits per heavy atom. The summed E-state index contributed by atoms with van der Waals surface area (Å²) < 4.78 is 0. The van der Waals surface area contributed by atoms with Crippen molar-refractivity contribution >= 4 is 0 Å². The van der Waals surface area contributed by atoms with E-state index >= 15 is 0 Å². The van der Waals surface area contributed by atoms with Gasteiger partial charge >= 0.3 is 0 Å². The SMILES string of the molecule is CC(N)C1C=CC(CN)C1. The summed E-state index contributed by atoms with van der Waals surface area (Å²) in [5.74, 6) is 1.14. The summed E-state index contributed by atoms with van der Waals surface area (Å²) in [5.41, 5.74) is 11.2. The van der Waals surface area contributed by atoms with E-state index in [0.29, 0.717) is 11.8 Å². The number of rotatable bonds is 2. The Labute approximate surface area is 62.3 Å². The molecule has 0 aromatic heterocycles. The van der Waals surface area contributed by atoms with Gasteiger partial charge in [0, 0.05) is 6.04 Å². The zero-order chi connectivity index (χ0) is 7.56. The fourth-order valence-corrected chi connectivity index (χ4v) is 1.37. The summed E-state index contributed by atoms with van der Waals surface area (Å²) >= 11 is 0. The van der Waals surface area contributed by atoms with E-state index in [1.807, 2.05) is 6.92 Å². The maximum atomic E-state index is 5.72. The molecule has 10 heavy (non-hydrogen) atoms. The van der Waals surface area contributed by atoms with Crippen molar-refractivity contribution in [2.24, 2.45) is 23.3 Å². The Morgan fingerprint density at radius 1 is 1.60 bits per heavy atom. The lowest BCUT2D eigenvalue weighted by molar-refractivity contribution is 0.468. The van der Waals surface area contributed by atoms with E-state index in [2.05, 4.69) is 12.2 Å². The van der Waals surface area contributed by atoms with Gasteiger partial charge in [0.2, 0.25) is 0 Å². The van der Waals surface area contributed by atoms with Crippen LogP contribution in [0.3, 0.4) is 0 Å². The highest BCUT2D eigenvalue weighted by molar-refractivity contribution is 5.04. The third-order valence-electron chi connectivity index (χ3n) is 2.18. The van der Waals surface area contributed by atoms with E-state index < -0.39 is 0 Å². The molecule has 0 saturated carbocycles. The van der Waals surface area contributed by atoms with Crippen LogP contribution in [-0.4, -0.2) is 12.6 Å². The Hall–Kier alpha value is -0.340. The molecule has 0 aromatic rings. The van der Waals surface area contributed by atoms with Gasteiger partial charge < -0.3 is 11.5 Å². The van der Waals surface area contributed by atoms with Crippen molar-refractivity contribution in [3.63, 3.8) is 0 Å². The molecule has 0 spiro atoms. The predicted molar refractivity (Wildman–Crippen MR) is 43.4 cm³/mol. The maximum absolute atomic E-state index is 5.72. The van der Waals surface area contributed by atoms with Crippen LogP contribution in [0.2, 0.25) is 0 Å². The smallest absolute Gasteiger partial charge is 0.00736 e. The van der Waals surface area contributed by atoms with E-state index in [1.165, 1.54) is 0 Å². The van der Waals surface area contributed by atoms with Crippen molar-refractivity contribution in [2.75, 3.05) is 6.54 Å². The molecular weight excluding hydrogens is 124 g/mol. The molecule has 2 heteroatoms. The Bertz CT molecular complexity index is 129. The normalized spacial score (nSPS) is 34.7. The Kier molecular flexibility index (Phi) is 2.46. The van der Waals surface area contributed by atoms with Gasteiger partial charge in [-0.25, -0.2) is 0 Å². The molecule has 1 rings (SSSR count). The molecule has 4 N–H and O–H groups in total. The second-order valence-electron chi connectivity index (χ2n) is 3.14. The standard InChI is InChI=1S/C8H16N2/c1-6(10)8-3-2-7(4-8)5-9/h2-3,6-8H,4-5,9-10H2,1H3. The minimum atomic E-state index is 0.285. The zero-order valence-electron chi connectivity index (χ0n) is 6.46. The molecule has 0 heterocycles. The number of hydrogen-bond acceptors (Lipinski definition) is 2. The lowest BCUT2D eigenvalue weighted by Gasteiger charge is -2.13. The summed E-state index contributed by atoms with van der Waals surface area (Å²) in [4.78, 5) is 0. The van der Waals surface area contributed by atoms with Crippen LogP contribution in [0.1, 0.15) is 13.3 Å². The van der Waals surface area contributed by atoms with Gasteiger partial charge in [0.1, 0.15) is 0 Å². The van der Waals surface area contributed by atoms with Gasteiger partial charge in [0.05, 0.1) is 0 Å². The first kappa shape index (κ1) is 7.76. The van der Waals surface area contributed by atoms with E-state index in [9.17, 15) is 0 Å². The fourth-order valence-electron chi connectivity index (χ4n) is 1.37. The summed E-state index contributed by atoms with van der Waals surface area (Å²) in [6.45, 7) is 2.81. The first-order valence-corrected chi connectivity index (χ1v) is 3.88. The van der Waals surface area contributed by atoms with E-state index in [-0.39, 0.29) is 6.04 Å². The summed E-state index contributed by atoms with van der Waals surface area (Å²) in [5, 5.41) is 0. The minimum Gasteiger partial charge on any atom is -0.330 e. The van der Waals surface area contributed by atoms with Gasteiger partial charge in [-0.2, -0.15) is 0 Å². The van der Waals surface area contributed by atoms with Gasteiger partial charge in [-0.3, -0.25) is 0 Å². The zero-order valence-corrected chi connectivity index (χ0v) is 6.46. The van der Waals surface area contributed by atoms with Crippen LogP contribution >= 0.6 is 0 Å². The molecule has 3 unspecified atom stereocenters. The minimum absolute atomic E-state index is 0.285. The van der Waals surface area contributed by atoms with Gasteiger partial charge in [-0.15, -0.1) is 0 Å². The highest BCUT2D eigenvalue weighted by atomic mass is 14.6. The molecule has 2 nitrogen and oxygen atoms in total. The summed E-state index contributed by atoms with van der Waals surface area (Å²) in [7, 11) is 0.